The van der Waals surface area contributed by atoms with Gasteiger partial charge in [-0.3, -0.25) is 0 Å². The van der Waals surface area contributed by atoms with Crippen molar-refractivity contribution in [3.63, 3.8) is 0 Å². The van der Waals surface area contributed by atoms with Gasteiger partial charge < -0.3 is 10.1 Å². The van der Waals surface area contributed by atoms with Crippen LogP contribution in [0.2, 0.25) is 0 Å². The van der Waals surface area contributed by atoms with E-state index in [1.54, 1.807) is 24.3 Å². The molecule has 0 aliphatic carbocycles. The molecule has 1 aliphatic heterocycles. The lowest BCUT2D eigenvalue weighted by Crippen LogP contribution is -2.49. The Morgan fingerprint density at radius 3 is 2.53 bits per heavy atom. The van der Waals surface area contributed by atoms with Gasteiger partial charge in [-0.05, 0) is 12.5 Å². The molecule has 1 saturated heterocycles. The molecular formula is C11H12ClF2NO2. The molecule has 1 N–H and O–H groups in total. The second kappa shape index (κ2) is 4.87. The highest BCUT2D eigenvalue weighted by Gasteiger charge is 2.46. The normalized spacial score (nSPS) is 22.1. The van der Waals surface area contributed by atoms with Crippen molar-refractivity contribution in [3.8, 4) is 0 Å². The summed E-state index contributed by atoms with van der Waals surface area (Å²) in [6.07, 6.45) is -0.809. The van der Waals surface area contributed by atoms with Gasteiger partial charge in [-0.2, -0.15) is 0 Å². The molecule has 1 aromatic carbocycles. The Balaban J connectivity index is 0.00000144. The fourth-order valence-electron chi connectivity index (χ4n) is 1.60. The highest BCUT2D eigenvalue weighted by molar-refractivity contribution is 5.85. The maximum Gasteiger partial charge on any atom is 0.408 e. The van der Waals surface area contributed by atoms with E-state index >= 15 is 0 Å². The highest BCUT2D eigenvalue weighted by atomic mass is 35.5. The van der Waals surface area contributed by atoms with Crippen molar-refractivity contribution >= 4 is 18.5 Å². The molecule has 6 heteroatoms. The van der Waals surface area contributed by atoms with E-state index in [2.05, 4.69) is 10.1 Å². The Hall–Kier alpha value is -1.36. The Labute approximate surface area is 104 Å². The van der Waals surface area contributed by atoms with Crippen molar-refractivity contribution < 1.29 is 18.3 Å². The third-order valence-electron chi connectivity index (χ3n) is 2.49. The second-order valence-electron chi connectivity index (χ2n) is 3.83. The number of carbonyl (C=O) groups excluding carboxylic acids is 1. The van der Waals surface area contributed by atoms with Gasteiger partial charge in [-0.15, -0.1) is 12.4 Å². The molecule has 1 aromatic rings. The molecule has 0 aromatic heterocycles. The minimum atomic E-state index is -3.08. The smallest absolute Gasteiger partial charge is 0.408 e. The highest BCUT2D eigenvalue weighted by Crippen LogP contribution is 2.34. The Kier molecular flexibility index (Phi) is 3.93. The molecule has 1 fully saturated rings. The first-order valence-corrected chi connectivity index (χ1v) is 4.87. The quantitative estimate of drug-likeness (QED) is 0.846. The van der Waals surface area contributed by atoms with Crippen LogP contribution in [0.3, 0.4) is 0 Å². The molecule has 1 amide bonds. The second-order valence-corrected chi connectivity index (χ2v) is 3.83. The molecule has 0 unspecified atom stereocenters. The molecule has 1 heterocycles. The fraction of sp³-hybridized carbons (Fsp3) is 0.364. The van der Waals surface area contributed by atoms with Crippen LogP contribution in [0.1, 0.15) is 17.2 Å². The van der Waals surface area contributed by atoms with Gasteiger partial charge in [-0.1, -0.05) is 29.8 Å². The number of carbonyl (C=O) groups is 1. The summed E-state index contributed by atoms with van der Waals surface area (Å²) in [6.45, 7) is 0.988. The van der Waals surface area contributed by atoms with Crippen molar-refractivity contribution in [1.82, 2.24) is 5.32 Å². The lowest BCUT2D eigenvalue weighted by atomic mass is 9.99. The van der Waals surface area contributed by atoms with Crippen LogP contribution in [0.25, 0.3) is 0 Å². The number of nitrogens with one attached hydrogen (secondary N) is 1. The first-order chi connectivity index (χ1) is 7.49. The molecule has 3 nitrogen and oxygen atoms in total. The molecular weight excluding hydrogens is 252 g/mol. The Bertz CT molecular complexity index is 408. The number of alkyl halides is 2. The molecule has 0 saturated carbocycles. The number of benzene rings is 1. The number of hydrogen-bond donors (Lipinski definition) is 1. The molecule has 0 radical (unpaired) electrons. The van der Waals surface area contributed by atoms with Crippen molar-refractivity contribution in [2.45, 2.75) is 18.9 Å². The molecule has 0 spiro atoms. The summed E-state index contributed by atoms with van der Waals surface area (Å²) in [6, 6.07) is 5.31. The average molecular weight is 264 g/mol. The number of aryl methyl sites for hydroxylation is 1. The van der Waals surface area contributed by atoms with E-state index in [9.17, 15) is 13.6 Å². The SMILES string of the molecule is Cc1ccc([C@@H]2NC(=O)OCC2(F)F)cc1.Cl. The summed E-state index contributed by atoms with van der Waals surface area (Å²) in [5, 5.41) is 2.13. The van der Waals surface area contributed by atoms with E-state index in [0.717, 1.165) is 5.56 Å². The van der Waals surface area contributed by atoms with Crippen LogP contribution in [-0.4, -0.2) is 18.6 Å². The van der Waals surface area contributed by atoms with Crippen LogP contribution in [-0.2, 0) is 4.74 Å². The van der Waals surface area contributed by atoms with Gasteiger partial charge in [0.25, 0.3) is 0 Å². The van der Waals surface area contributed by atoms with E-state index in [1.807, 2.05) is 6.92 Å². The average Bonchev–Trinajstić information content (AvgIpc) is 2.23. The van der Waals surface area contributed by atoms with Crippen LogP contribution >= 0.6 is 12.4 Å². The predicted molar refractivity (Wildman–Crippen MR) is 60.6 cm³/mol. The van der Waals surface area contributed by atoms with Crippen LogP contribution in [0.15, 0.2) is 24.3 Å². The topological polar surface area (TPSA) is 38.3 Å². The summed E-state index contributed by atoms with van der Waals surface area (Å²) >= 11 is 0. The molecule has 1 atom stereocenters. The van der Waals surface area contributed by atoms with E-state index in [1.165, 1.54) is 0 Å². The summed E-state index contributed by atoms with van der Waals surface area (Å²) < 4.78 is 31.2. The maximum absolute atomic E-state index is 13.5. The molecule has 94 valence electrons. The first-order valence-electron chi connectivity index (χ1n) is 4.87. The Morgan fingerprint density at radius 2 is 1.94 bits per heavy atom. The largest absolute Gasteiger partial charge is 0.443 e. The number of ether oxygens (including phenoxy) is 1. The predicted octanol–water partition coefficient (Wildman–Crippen LogP) is 2.83. The number of rotatable bonds is 1. The number of cyclic esters (lactones) is 1. The number of alkyl carbamates (subject to hydrolysis) is 1. The molecule has 2 rings (SSSR count). The van der Waals surface area contributed by atoms with Crippen LogP contribution in [0, 0.1) is 6.92 Å². The fourth-order valence-corrected chi connectivity index (χ4v) is 1.60. The van der Waals surface area contributed by atoms with E-state index < -0.39 is 24.7 Å². The van der Waals surface area contributed by atoms with Crippen LogP contribution in [0.4, 0.5) is 13.6 Å². The lowest BCUT2D eigenvalue weighted by Gasteiger charge is -2.31. The van der Waals surface area contributed by atoms with Gasteiger partial charge in [0, 0.05) is 0 Å². The van der Waals surface area contributed by atoms with Gasteiger partial charge in [0.05, 0.1) is 0 Å². The van der Waals surface area contributed by atoms with E-state index in [0.29, 0.717) is 5.56 Å². The van der Waals surface area contributed by atoms with Gasteiger partial charge in [0.1, 0.15) is 6.04 Å². The van der Waals surface area contributed by atoms with Crippen molar-refractivity contribution in [2.24, 2.45) is 0 Å². The minimum Gasteiger partial charge on any atom is -0.443 e. The first kappa shape index (κ1) is 13.7. The summed E-state index contributed by atoms with van der Waals surface area (Å²) in [5.74, 6) is -3.08. The van der Waals surface area contributed by atoms with Crippen LogP contribution < -0.4 is 5.32 Å². The maximum atomic E-state index is 13.5. The zero-order valence-corrected chi connectivity index (χ0v) is 9.89. The number of amides is 1. The van der Waals surface area contributed by atoms with Gasteiger partial charge in [0.15, 0.2) is 6.61 Å². The third kappa shape index (κ3) is 2.85. The zero-order valence-electron chi connectivity index (χ0n) is 9.07. The third-order valence-corrected chi connectivity index (χ3v) is 2.49. The molecule has 1 aliphatic rings. The van der Waals surface area contributed by atoms with Crippen molar-refractivity contribution in [1.29, 1.82) is 0 Å². The van der Waals surface area contributed by atoms with Crippen LogP contribution in [0.5, 0.6) is 0 Å². The number of hydrogen-bond acceptors (Lipinski definition) is 2. The van der Waals surface area contributed by atoms with E-state index in [-0.39, 0.29) is 12.4 Å². The van der Waals surface area contributed by atoms with Gasteiger partial charge >= 0.3 is 12.0 Å². The summed E-state index contributed by atoms with van der Waals surface area (Å²) in [5.41, 5.74) is 1.36. The monoisotopic (exact) mass is 263 g/mol. The molecule has 17 heavy (non-hydrogen) atoms. The minimum absolute atomic E-state index is 0. The summed E-state index contributed by atoms with van der Waals surface area (Å²) in [7, 11) is 0. The lowest BCUT2D eigenvalue weighted by molar-refractivity contribution is -0.104. The van der Waals surface area contributed by atoms with Gasteiger partial charge in [-0.25, -0.2) is 13.6 Å². The molecule has 0 bridgehead atoms. The number of halogens is 3. The zero-order chi connectivity index (χ0) is 11.8. The van der Waals surface area contributed by atoms with Crippen molar-refractivity contribution in [3.05, 3.63) is 35.4 Å². The van der Waals surface area contributed by atoms with Gasteiger partial charge in [0.2, 0.25) is 0 Å². The Morgan fingerprint density at radius 1 is 1.35 bits per heavy atom. The standard InChI is InChI=1S/C11H11F2NO2.ClH/c1-7-2-4-8(5-3-7)9-11(12,13)6-16-10(15)14-9;/h2-5,9H,6H2,1H3,(H,14,15);1H/t9-;/m0./s1. The summed E-state index contributed by atoms with van der Waals surface area (Å²) in [4.78, 5) is 10.9. The van der Waals surface area contributed by atoms with Crippen molar-refractivity contribution in [2.75, 3.05) is 6.61 Å². The van der Waals surface area contributed by atoms with E-state index in [4.69, 9.17) is 0 Å².